The van der Waals surface area contributed by atoms with E-state index in [0.29, 0.717) is 12.0 Å². The molecule has 0 bridgehead atoms. The Balaban J connectivity index is 2.80. The molecule has 0 unspecified atom stereocenters. The average molecular weight is 249 g/mol. The Morgan fingerprint density at radius 2 is 1.89 bits per heavy atom. The Morgan fingerprint density at radius 3 is 2.39 bits per heavy atom. The molecule has 0 aliphatic heterocycles. The second kappa shape index (κ2) is 5.78. The van der Waals surface area contributed by atoms with Crippen molar-refractivity contribution in [1.29, 1.82) is 0 Å². The molecule has 18 heavy (non-hydrogen) atoms. The van der Waals surface area contributed by atoms with Crippen LogP contribution in [0.5, 0.6) is 0 Å². The van der Waals surface area contributed by atoms with Gasteiger partial charge in [-0.05, 0) is 19.4 Å². The largest absolute Gasteiger partial charge is 0.376 e. The predicted molar refractivity (Wildman–Crippen MR) is 68.9 cm³/mol. The summed E-state index contributed by atoms with van der Waals surface area (Å²) in [5.41, 5.74) is -1.14. The Labute approximate surface area is 107 Å². The molecule has 0 fully saturated rings. The predicted octanol–water partition coefficient (Wildman–Crippen LogP) is 1.38. The highest BCUT2D eigenvalue weighted by atomic mass is 16.3. The van der Waals surface area contributed by atoms with E-state index in [0.717, 1.165) is 0 Å². The van der Waals surface area contributed by atoms with Crippen LogP contribution in [-0.4, -0.2) is 22.8 Å². The fourth-order valence-electron chi connectivity index (χ4n) is 1.62. The highest BCUT2D eigenvalue weighted by Crippen LogP contribution is 2.20. The monoisotopic (exact) mass is 249 g/mol. The van der Waals surface area contributed by atoms with E-state index in [1.807, 2.05) is 0 Å². The van der Waals surface area contributed by atoms with Crippen molar-refractivity contribution < 1.29 is 14.7 Å². The van der Waals surface area contributed by atoms with Crippen molar-refractivity contribution in [2.45, 2.75) is 38.8 Å². The summed E-state index contributed by atoms with van der Waals surface area (Å²) in [6.45, 7) is 4.77. The first-order chi connectivity index (χ1) is 8.39. The number of ketones is 1. The molecule has 0 heterocycles. The third-order valence-corrected chi connectivity index (χ3v) is 2.96. The molecule has 0 radical (unpaired) electrons. The lowest BCUT2D eigenvalue weighted by atomic mass is 9.94. The first kappa shape index (κ1) is 14.4. The van der Waals surface area contributed by atoms with Crippen molar-refractivity contribution in [3.05, 3.63) is 35.9 Å². The zero-order valence-electron chi connectivity index (χ0n) is 10.9. The SMILES string of the molecule is CCC(=O)[C@H](C)NC(=O)[C@](C)(O)c1ccccc1. The molecule has 4 heteroatoms. The van der Waals surface area contributed by atoms with Crippen LogP contribution in [0.15, 0.2) is 30.3 Å². The quantitative estimate of drug-likeness (QED) is 0.828. The summed E-state index contributed by atoms with van der Waals surface area (Å²) in [5.74, 6) is -0.629. The van der Waals surface area contributed by atoms with Crippen molar-refractivity contribution in [3.8, 4) is 0 Å². The van der Waals surface area contributed by atoms with Gasteiger partial charge >= 0.3 is 0 Å². The normalized spacial score (nSPS) is 15.6. The number of hydrogen-bond donors (Lipinski definition) is 2. The lowest BCUT2D eigenvalue weighted by molar-refractivity contribution is -0.141. The number of carbonyl (C=O) groups is 2. The fourth-order valence-corrected chi connectivity index (χ4v) is 1.62. The van der Waals surface area contributed by atoms with Crippen LogP contribution in [0.2, 0.25) is 0 Å². The van der Waals surface area contributed by atoms with Gasteiger partial charge in [0.1, 0.15) is 0 Å². The highest BCUT2D eigenvalue weighted by molar-refractivity contribution is 5.92. The maximum Gasteiger partial charge on any atom is 0.256 e. The summed E-state index contributed by atoms with van der Waals surface area (Å²) in [5, 5.41) is 12.8. The maximum absolute atomic E-state index is 12.0. The lowest BCUT2D eigenvalue weighted by Gasteiger charge is -2.24. The molecule has 1 aromatic carbocycles. The minimum Gasteiger partial charge on any atom is -0.376 e. The van der Waals surface area contributed by atoms with E-state index in [-0.39, 0.29) is 5.78 Å². The molecule has 98 valence electrons. The third kappa shape index (κ3) is 3.17. The second-order valence-electron chi connectivity index (χ2n) is 4.45. The third-order valence-electron chi connectivity index (χ3n) is 2.96. The fraction of sp³-hybridized carbons (Fsp3) is 0.429. The van der Waals surface area contributed by atoms with Gasteiger partial charge < -0.3 is 10.4 Å². The summed E-state index contributed by atoms with van der Waals surface area (Å²) >= 11 is 0. The topological polar surface area (TPSA) is 66.4 Å². The minimum absolute atomic E-state index is 0.0628. The van der Waals surface area contributed by atoms with Crippen molar-refractivity contribution in [1.82, 2.24) is 5.32 Å². The van der Waals surface area contributed by atoms with Crippen LogP contribution in [0.3, 0.4) is 0 Å². The molecule has 1 rings (SSSR count). The van der Waals surface area contributed by atoms with Crippen LogP contribution in [0.1, 0.15) is 32.8 Å². The van der Waals surface area contributed by atoms with E-state index >= 15 is 0 Å². The number of aliphatic hydroxyl groups is 1. The first-order valence-electron chi connectivity index (χ1n) is 6.01. The highest BCUT2D eigenvalue weighted by Gasteiger charge is 2.33. The Morgan fingerprint density at radius 1 is 1.33 bits per heavy atom. The smallest absolute Gasteiger partial charge is 0.256 e. The number of carbonyl (C=O) groups excluding carboxylic acids is 2. The molecule has 4 nitrogen and oxygen atoms in total. The van der Waals surface area contributed by atoms with Crippen molar-refractivity contribution in [3.63, 3.8) is 0 Å². The van der Waals surface area contributed by atoms with Gasteiger partial charge in [-0.1, -0.05) is 37.3 Å². The molecule has 1 amide bonds. The minimum atomic E-state index is -1.64. The number of hydrogen-bond acceptors (Lipinski definition) is 3. The van der Waals surface area contributed by atoms with E-state index in [1.165, 1.54) is 6.92 Å². The van der Waals surface area contributed by atoms with Gasteiger partial charge in [0.2, 0.25) is 0 Å². The molecule has 2 atom stereocenters. The number of benzene rings is 1. The summed E-state index contributed by atoms with van der Waals surface area (Å²) in [6.07, 6.45) is 0.356. The standard InChI is InChI=1S/C14H19NO3/c1-4-12(16)10(2)15-13(17)14(3,18)11-8-6-5-7-9-11/h5-10,18H,4H2,1-3H3,(H,15,17)/t10-,14+/m0/s1. The summed E-state index contributed by atoms with van der Waals surface area (Å²) in [7, 11) is 0. The Kier molecular flexibility index (Phi) is 4.62. The van der Waals surface area contributed by atoms with Crippen LogP contribution in [0.25, 0.3) is 0 Å². The van der Waals surface area contributed by atoms with Gasteiger partial charge in [-0.3, -0.25) is 9.59 Å². The summed E-state index contributed by atoms with van der Waals surface area (Å²) in [4.78, 5) is 23.4. The number of Topliss-reactive ketones (excluding diaryl/α,β-unsaturated/α-hetero) is 1. The van der Waals surface area contributed by atoms with E-state index in [9.17, 15) is 14.7 Å². The molecule has 0 aromatic heterocycles. The Bertz CT molecular complexity index is 426. The maximum atomic E-state index is 12.0. The molecule has 0 aliphatic rings. The summed E-state index contributed by atoms with van der Waals surface area (Å²) < 4.78 is 0. The zero-order chi connectivity index (χ0) is 13.8. The van der Waals surface area contributed by atoms with E-state index in [2.05, 4.69) is 5.32 Å². The van der Waals surface area contributed by atoms with E-state index < -0.39 is 17.6 Å². The van der Waals surface area contributed by atoms with Gasteiger partial charge in [0.15, 0.2) is 11.4 Å². The van der Waals surface area contributed by atoms with Gasteiger partial charge in [0, 0.05) is 6.42 Å². The molecule has 0 spiro atoms. The van der Waals surface area contributed by atoms with Crippen LogP contribution in [-0.2, 0) is 15.2 Å². The van der Waals surface area contributed by atoms with Gasteiger partial charge in [0.25, 0.3) is 5.91 Å². The second-order valence-corrected chi connectivity index (χ2v) is 4.45. The van der Waals surface area contributed by atoms with Gasteiger partial charge in [-0.15, -0.1) is 0 Å². The van der Waals surface area contributed by atoms with Gasteiger partial charge in [0.05, 0.1) is 6.04 Å². The van der Waals surface area contributed by atoms with Crippen molar-refractivity contribution in [2.75, 3.05) is 0 Å². The number of rotatable bonds is 5. The van der Waals surface area contributed by atoms with Crippen LogP contribution < -0.4 is 5.32 Å². The molecule has 0 saturated heterocycles. The Hall–Kier alpha value is -1.68. The average Bonchev–Trinajstić information content (AvgIpc) is 2.38. The van der Waals surface area contributed by atoms with E-state index in [4.69, 9.17) is 0 Å². The molecular weight excluding hydrogens is 230 g/mol. The van der Waals surface area contributed by atoms with Gasteiger partial charge in [-0.25, -0.2) is 0 Å². The first-order valence-corrected chi connectivity index (χ1v) is 6.01. The lowest BCUT2D eigenvalue weighted by Crippen LogP contribution is -2.48. The van der Waals surface area contributed by atoms with Gasteiger partial charge in [-0.2, -0.15) is 0 Å². The molecule has 0 aliphatic carbocycles. The van der Waals surface area contributed by atoms with Crippen molar-refractivity contribution in [2.24, 2.45) is 0 Å². The van der Waals surface area contributed by atoms with Crippen LogP contribution in [0.4, 0.5) is 0 Å². The molecular formula is C14H19NO3. The molecule has 0 saturated carbocycles. The van der Waals surface area contributed by atoms with Crippen LogP contribution >= 0.6 is 0 Å². The zero-order valence-corrected chi connectivity index (χ0v) is 10.9. The van der Waals surface area contributed by atoms with Crippen LogP contribution in [0, 0.1) is 0 Å². The number of nitrogens with one attached hydrogen (secondary N) is 1. The molecule has 1 aromatic rings. The van der Waals surface area contributed by atoms with Crippen molar-refractivity contribution >= 4 is 11.7 Å². The summed E-state index contributed by atoms with van der Waals surface area (Å²) in [6, 6.07) is 8.06. The molecule has 2 N–H and O–H groups in total. The number of amides is 1. The van der Waals surface area contributed by atoms with E-state index in [1.54, 1.807) is 44.2 Å².